The maximum atomic E-state index is 5.86. The van der Waals surface area contributed by atoms with Crippen LogP contribution in [0.2, 0.25) is 6.04 Å². The normalized spacial score (nSPS) is 12.0. The Kier molecular flexibility index (Phi) is 13.5. The summed E-state index contributed by atoms with van der Waals surface area (Å²) in [5, 5.41) is 0. The Morgan fingerprint density at radius 1 is 0.684 bits per heavy atom. The lowest BCUT2D eigenvalue weighted by molar-refractivity contribution is 0.0928. The van der Waals surface area contributed by atoms with Crippen LogP contribution < -0.4 is 0 Å². The highest BCUT2D eigenvalue weighted by molar-refractivity contribution is 7.14. The smallest absolute Gasteiger partial charge is 0.377 e. The van der Waals surface area contributed by atoms with E-state index in [0.717, 1.165) is 0 Å². The van der Waals surface area contributed by atoms with E-state index >= 15 is 0 Å². The molecule has 19 heavy (non-hydrogen) atoms. The Morgan fingerprint density at radius 2 is 1.16 bits per heavy atom. The molecule has 0 bridgehead atoms. The first kappa shape index (κ1) is 19.3. The standard InChI is InChI=1S/C14H32O3Si2/c1-5-9-10-11-12-13-14-18-19(15-6-2,16-7-3)17-8-4/h5-14H2,1-4H3. The molecule has 0 N–H and O–H groups in total. The fourth-order valence-corrected chi connectivity index (χ4v) is 8.09. The molecule has 0 atom stereocenters. The molecule has 0 aliphatic carbocycles. The Bertz CT molecular complexity index is 175. The van der Waals surface area contributed by atoms with E-state index < -0.39 is 8.32 Å². The minimum absolute atomic E-state index is 0.690. The van der Waals surface area contributed by atoms with E-state index in [2.05, 4.69) is 6.92 Å². The summed E-state index contributed by atoms with van der Waals surface area (Å²) in [6.07, 6.45) is 8.05. The molecule has 0 aromatic rings. The Balaban J connectivity index is 3.89. The highest BCUT2D eigenvalue weighted by Gasteiger charge is 2.39. The van der Waals surface area contributed by atoms with Gasteiger partial charge in [0.05, 0.1) is 0 Å². The van der Waals surface area contributed by atoms with E-state index in [0.29, 0.717) is 28.9 Å². The molecule has 0 aliphatic heterocycles. The second kappa shape index (κ2) is 13.3. The third kappa shape index (κ3) is 9.79. The van der Waals surface area contributed by atoms with Crippen LogP contribution in [-0.4, -0.2) is 37.2 Å². The largest absolute Gasteiger partial charge is 0.464 e. The summed E-state index contributed by atoms with van der Waals surface area (Å²) in [4.78, 5) is 0. The molecule has 0 aromatic heterocycles. The van der Waals surface area contributed by atoms with Gasteiger partial charge in [-0.15, -0.1) is 0 Å². The fourth-order valence-electron chi connectivity index (χ4n) is 1.99. The van der Waals surface area contributed by atoms with Crippen LogP contribution in [0.15, 0.2) is 0 Å². The SMILES string of the molecule is CCCCCCCC[Si][Si](OCC)(OCC)OCC. The summed E-state index contributed by atoms with van der Waals surface area (Å²) < 4.78 is 17.6. The maximum Gasteiger partial charge on any atom is 0.464 e. The van der Waals surface area contributed by atoms with Crippen LogP contribution in [0, 0.1) is 0 Å². The zero-order valence-corrected chi connectivity index (χ0v) is 15.3. The Labute approximate surface area is 123 Å². The number of rotatable bonds is 14. The van der Waals surface area contributed by atoms with E-state index in [4.69, 9.17) is 13.3 Å². The molecule has 2 radical (unpaired) electrons. The topological polar surface area (TPSA) is 27.7 Å². The number of unbranched alkanes of at least 4 members (excludes halogenated alkanes) is 5. The predicted molar refractivity (Wildman–Crippen MR) is 84.6 cm³/mol. The average Bonchev–Trinajstić information content (AvgIpc) is 2.39. The zero-order chi connectivity index (χ0) is 14.4. The van der Waals surface area contributed by atoms with Crippen LogP contribution in [0.3, 0.4) is 0 Å². The lowest BCUT2D eigenvalue weighted by Gasteiger charge is -2.28. The zero-order valence-electron chi connectivity index (χ0n) is 13.3. The van der Waals surface area contributed by atoms with Gasteiger partial charge in [0, 0.05) is 19.8 Å². The van der Waals surface area contributed by atoms with Crippen molar-refractivity contribution in [1.29, 1.82) is 0 Å². The van der Waals surface area contributed by atoms with Crippen molar-refractivity contribution in [1.82, 2.24) is 0 Å². The number of hydrogen-bond donors (Lipinski definition) is 0. The molecule has 114 valence electrons. The van der Waals surface area contributed by atoms with Gasteiger partial charge in [-0.05, 0) is 20.8 Å². The van der Waals surface area contributed by atoms with E-state index in [-0.39, 0.29) is 0 Å². The van der Waals surface area contributed by atoms with Gasteiger partial charge in [-0.25, -0.2) is 0 Å². The van der Waals surface area contributed by atoms with Crippen LogP contribution in [0.25, 0.3) is 0 Å². The van der Waals surface area contributed by atoms with Crippen LogP contribution in [0.1, 0.15) is 66.2 Å². The molecule has 0 aromatic carbocycles. The second-order valence-electron chi connectivity index (χ2n) is 4.55. The summed E-state index contributed by atoms with van der Waals surface area (Å²) in [7, 11) is -1.64. The van der Waals surface area contributed by atoms with Crippen LogP contribution in [-0.2, 0) is 13.3 Å². The van der Waals surface area contributed by atoms with Crippen molar-refractivity contribution in [2.45, 2.75) is 72.3 Å². The van der Waals surface area contributed by atoms with Crippen LogP contribution in [0.4, 0.5) is 0 Å². The van der Waals surface area contributed by atoms with Gasteiger partial charge < -0.3 is 13.3 Å². The van der Waals surface area contributed by atoms with Gasteiger partial charge in [0.15, 0.2) is 0 Å². The van der Waals surface area contributed by atoms with Crippen LogP contribution in [0.5, 0.6) is 0 Å². The van der Waals surface area contributed by atoms with E-state index in [1.54, 1.807) is 0 Å². The quantitative estimate of drug-likeness (QED) is 0.358. The van der Waals surface area contributed by atoms with Crippen molar-refractivity contribution >= 4 is 17.4 Å². The van der Waals surface area contributed by atoms with Gasteiger partial charge in [-0.2, -0.15) is 0 Å². The monoisotopic (exact) mass is 304 g/mol. The molecule has 0 aliphatic rings. The Hall–Kier alpha value is 0.314. The molecule has 0 spiro atoms. The molecule has 5 heteroatoms. The molecule has 0 fully saturated rings. The summed E-state index contributed by atoms with van der Waals surface area (Å²) >= 11 is 0. The number of hydrogen-bond acceptors (Lipinski definition) is 3. The molecule has 0 saturated heterocycles. The molecule has 0 unspecified atom stereocenters. The van der Waals surface area contributed by atoms with Crippen molar-refractivity contribution in [3.8, 4) is 0 Å². The molecule has 0 saturated carbocycles. The molecule has 0 amide bonds. The van der Waals surface area contributed by atoms with Crippen molar-refractivity contribution in [2.24, 2.45) is 0 Å². The predicted octanol–water partition coefficient (Wildman–Crippen LogP) is 4.01. The minimum atomic E-state index is -2.34. The van der Waals surface area contributed by atoms with Gasteiger partial charge in [0.2, 0.25) is 0 Å². The molecule has 0 heterocycles. The van der Waals surface area contributed by atoms with Crippen molar-refractivity contribution in [3.05, 3.63) is 0 Å². The molecule has 3 nitrogen and oxygen atoms in total. The van der Waals surface area contributed by atoms with Gasteiger partial charge in [0.25, 0.3) is 0 Å². The minimum Gasteiger partial charge on any atom is -0.377 e. The summed E-state index contributed by atoms with van der Waals surface area (Å²) in [5.41, 5.74) is 0. The third-order valence-electron chi connectivity index (χ3n) is 2.87. The van der Waals surface area contributed by atoms with Gasteiger partial charge >= 0.3 is 8.32 Å². The van der Waals surface area contributed by atoms with Crippen molar-refractivity contribution < 1.29 is 13.3 Å². The third-order valence-corrected chi connectivity index (χ3v) is 9.27. The van der Waals surface area contributed by atoms with Gasteiger partial charge in [-0.1, -0.05) is 51.5 Å². The molecular formula is C14H32O3Si2. The maximum absolute atomic E-state index is 5.86. The molecular weight excluding hydrogens is 272 g/mol. The summed E-state index contributed by atoms with van der Waals surface area (Å²) in [6.45, 7) is 10.4. The van der Waals surface area contributed by atoms with E-state index in [1.807, 2.05) is 20.8 Å². The lowest BCUT2D eigenvalue weighted by Crippen LogP contribution is -2.52. The summed E-state index contributed by atoms with van der Waals surface area (Å²) in [6, 6.07) is 1.19. The highest BCUT2D eigenvalue weighted by atomic mass is 29.2. The second-order valence-corrected chi connectivity index (χ2v) is 10.3. The molecule has 0 rings (SSSR count). The van der Waals surface area contributed by atoms with Crippen molar-refractivity contribution in [3.63, 3.8) is 0 Å². The first-order valence-electron chi connectivity index (χ1n) is 7.91. The van der Waals surface area contributed by atoms with Gasteiger partial charge in [-0.3, -0.25) is 0 Å². The average molecular weight is 305 g/mol. The first-order chi connectivity index (χ1) is 9.24. The fraction of sp³-hybridized carbons (Fsp3) is 1.00. The van der Waals surface area contributed by atoms with Crippen molar-refractivity contribution in [2.75, 3.05) is 19.8 Å². The Morgan fingerprint density at radius 3 is 1.63 bits per heavy atom. The lowest BCUT2D eigenvalue weighted by atomic mass is 10.1. The van der Waals surface area contributed by atoms with Gasteiger partial charge in [0.1, 0.15) is 9.04 Å². The van der Waals surface area contributed by atoms with Crippen LogP contribution >= 0.6 is 0 Å². The summed E-state index contributed by atoms with van der Waals surface area (Å²) in [5.74, 6) is 0. The van der Waals surface area contributed by atoms with E-state index in [9.17, 15) is 0 Å². The van der Waals surface area contributed by atoms with E-state index in [1.165, 1.54) is 44.6 Å². The first-order valence-corrected chi connectivity index (χ1v) is 11.8. The highest BCUT2D eigenvalue weighted by Crippen LogP contribution is 2.13.